The van der Waals surface area contributed by atoms with E-state index >= 15 is 0 Å². The number of nitrogens with zero attached hydrogens (tertiary/aromatic N) is 1. The Balaban J connectivity index is 0.00000114. The van der Waals surface area contributed by atoms with Crippen molar-refractivity contribution >= 4 is 35.0 Å². The van der Waals surface area contributed by atoms with Crippen molar-refractivity contribution in [1.82, 2.24) is 0 Å². The predicted octanol–water partition coefficient (Wildman–Crippen LogP) is 5.80. The quantitative estimate of drug-likeness (QED) is 0.626. The summed E-state index contributed by atoms with van der Waals surface area (Å²) in [6, 6.07) is 9.70. The Hall–Kier alpha value is -2.54. The molecule has 1 aliphatic heterocycles. The van der Waals surface area contributed by atoms with Crippen molar-refractivity contribution in [3.8, 4) is 5.75 Å². The van der Waals surface area contributed by atoms with E-state index in [0.29, 0.717) is 30.1 Å². The molecule has 32 heavy (non-hydrogen) atoms. The van der Waals surface area contributed by atoms with Crippen LogP contribution in [0.2, 0.25) is 0 Å². The SMILES string of the molecule is CSC.Cc1cc2c(cc1NC(=O)CC(C)(C)C)OC(C)C(=O)N2Cc1ccc(F)cc1. The zero-order valence-corrected chi connectivity index (χ0v) is 20.7. The number of carbonyl (C=O) groups excluding carboxylic acids is 2. The largest absolute Gasteiger partial charge is 0.479 e. The minimum atomic E-state index is -0.649. The number of hydrogen-bond acceptors (Lipinski definition) is 4. The first kappa shape index (κ1) is 25.7. The summed E-state index contributed by atoms with van der Waals surface area (Å²) in [6.07, 6.45) is 3.83. The topological polar surface area (TPSA) is 58.6 Å². The number of thioether (sulfide) groups is 1. The second-order valence-corrected chi connectivity index (χ2v) is 9.96. The van der Waals surface area contributed by atoms with Gasteiger partial charge in [-0.25, -0.2) is 4.39 Å². The number of halogens is 1. The molecular formula is C25H33FN2O3S. The van der Waals surface area contributed by atoms with E-state index in [2.05, 4.69) is 5.32 Å². The predicted molar refractivity (Wildman–Crippen MR) is 131 cm³/mol. The highest BCUT2D eigenvalue weighted by Crippen LogP contribution is 2.39. The zero-order valence-electron chi connectivity index (χ0n) is 19.9. The zero-order chi connectivity index (χ0) is 24.1. The van der Waals surface area contributed by atoms with Crippen molar-refractivity contribution in [2.75, 3.05) is 22.7 Å². The molecule has 3 rings (SSSR count). The molecule has 0 aromatic heterocycles. The summed E-state index contributed by atoms with van der Waals surface area (Å²) in [5.41, 5.74) is 2.85. The van der Waals surface area contributed by atoms with Gasteiger partial charge in [0.2, 0.25) is 5.91 Å². The van der Waals surface area contributed by atoms with Crippen LogP contribution in [0.4, 0.5) is 15.8 Å². The highest BCUT2D eigenvalue weighted by atomic mass is 32.2. The summed E-state index contributed by atoms with van der Waals surface area (Å²) in [7, 11) is 0. The number of amides is 2. The fraction of sp³-hybridized carbons (Fsp3) is 0.440. The van der Waals surface area contributed by atoms with Gasteiger partial charge in [0.15, 0.2) is 6.10 Å². The summed E-state index contributed by atoms with van der Waals surface area (Å²) in [4.78, 5) is 26.7. The molecule has 1 unspecified atom stereocenters. The molecule has 174 valence electrons. The van der Waals surface area contributed by atoms with Crippen LogP contribution in [-0.4, -0.2) is 30.4 Å². The number of aryl methyl sites for hydroxylation is 1. The lowest BCUT2D eigenvalue weighted by Crippen LogP contribution is -2.44. The molecule has 0 saturated carbocycles. The smallest absolute Gasteiger partial charge is 0.268 e. The Morgan fingerprint density at radius 3 is 2.34 bits per heavy atom. The summed E-state index contributed by atoms with van der Waals surface area (Å²) < 4.78 is 19.0. The van der Waals surface area contributed by atoms with E-state index in [-0.39, 0.29) is 23.0 Å². The van der Waals surface area contributed by atoms with Crippen molar-refractivity contribution < 1.29 is 18.7 Å². The number of carbonyl (C=O) groups is 2. The lowest BCUT2D eigenvalue weighted by Gasteiger charge is -2.34. The third-order valence-corrected chi connectivity index (χ3v) is 4.73. The number of ether oxygens (including phenoxy) is 1. The van der Waals surface area contributed by atoms with Crippen LogP contribution in [0.25, 0.3) is 0 Å². The first-order valence-corrected chi connectivity index (χ1v) is 12.2. The molecule has 7 heteroatoms. The van der Waals surface area contributed by atoms with Gasteiger partial charge in [-0.3, -0.25) is 9.59 Å². The number of hydrogen-bond donors (Lipinski definition) is 1. The summed E-state index contributed by atoms with van der Waals surface area (Å²) in [6.45, 7) is 9.92. The molecule has 1 atom stereocenters. The van der Waals surface area contributed by atoms with Gasteiger partial charge in [-0.15, -0.1) is 0 Å². The number of fused-ring (bicyclic) bond motifs is 1. The van der Waals surface area contributed by atoms with Crippen LogP contribution in [0.3, 0.4) is 0 Å². The first-order valence-electron chi connectivity index (χ1n) is 10.5. The van der Waals surface area contributed by atoms with Crippen molar-refractivity contribution in [1.29, 1.82) is 0 Å². The molecule has 0 saturated heterocycles. The van der Waals surface area contributed by atoms with Crippen LogP contribution in [-0.2, 0) is 16.1 Å². The molecule has 5 nitrogen and oxygen atoms in total. The van der Waals surface area contributed by atoms with Crippen LogP contribution in [0.15, 0.2) is 36.4 Å². The Morgan fingerprint density at radius 1 is 1.19 bits per heavy atom. The second kappa shape index (κ2) is 10.9. The van der Waals surface area contributed by atoms with E-state index in [1.54, 1.807) is 41.8 Å². The van der Waals surface area contributed by atoms with Crippen molar-refractivity contribution in [3.63, 3.8) is 0 Å². The molecule has 1 N–H and O–H groups in total. The standard InChI is InChI=1S/C23H27FN2O3.C2H6S/c1-14-10-19-20(11-18(14)25-21(27)12-23(3,4)5)29-15(2)22(28)26(19)13-16-6-8-17(24)9-7-16;1-3-2/h6-11,15H,12-13H2,1-5H3,(H,25,27);1-2H3. The third kappa shape index (κ3) is 6.99. The Kier molecular flexibility index (Phi) is 8.73. The van der Waals surface area contributed by atoms with Crippen molar-refractivity contribution in [3.05, 3.63) is 53.3 Å². The maximum Gasteiger partial charge on any atom is 0.268 e. The van der Waals surface area contributed by atoms with Gasteiger partial charge in [-0.2, -0.15) is 11.8 Å². The van der Waals surface area contributed by atoms with Crippen LogP contribution in [0, 0.1) is 18.2 Å². The molecule has 2 aromatic carbocycles. The number of nitrogens with one attached hydrogen (secondary N) is 1. The maximum atomic E-state index is 13.2. The minimum Gasteiger partial charge on any atom is -0.479 e. The van der Waals surface area contributed by atoms with Crippen LogP contribution in [0.1, 0.15) is 45.2 Å². The Bertz CT molecular complexity index is 955. The van der Waals surface area contributed by atoms with Crippen LogP contribution < -0.4 is 15.0 Å². The van der Waals surface area contributed by atoms with Gasteiger partial charge in [0.05, 0.1) is 12.2 Å². The van der Waals surface area contributed by atoms with Gasteiger partial charge in [0.1, 0.15) is 11.6 Å². The fourth-order valence-electron chi connectivity index (χ4n) is 3.30. The van der Waals surface area contributed by atoms with E-state index in [4.69, 9.17) is 4.74 Å². The van der Waals surface area contributed by atoms with Crippen LogP contribution >= 0.6 is 11.8 Å². The molecular weight excluding hydrogens is 427 g/mol. The lowest BCUT2D eigenvalue weighted by molar-refractivity contribution is -0.125. The third-order valence-electron chi connectivity index (χ3n) is 4.73. The van der Waals surface area contributed by atoms with Gasteiger partial charge in [-0.05, 0) is 61.1 Å². The first-order chi connectivity index (χ1) is 14.9. The Morgan fingerprint density at radius 2 is 1.78 bits per heavy atom. The van der Waals surface area contributed by atoms with Gasteiger partial charge < -0.3 is 15.0 Å². The second-order valence-electron chi connectivity index (χ2n) is 9.14. The summed E-state index contributed by atoms with van der Waals surface area (Å²) in [5, 5.41) is 2.95. The molecule has 0 bridgehead atoms. The van der Waals surface area contributed by atoms with Gasteiger partial charge in [0.25, 0.3) is 5.91 Å². The van der Waals surface area contributed by atoms with E-state index in [9.17, 15) is 14.0 Å². The number of rotatable bonds is 4. The molecule has 2 aromatic rings. The number of anilines is 2. The van der Waals surface area contributed by atoms with Crippen molar-refractivity contribution in [2.45, 2.75) is 53.7 Å². The minimum absolute atomic E-state index is 0.0661. The average molecular weight is 461 g/mol. The van der Waals surface area contributed by atoms with Crippen molar-refractivity contribution in [2.24, 2.45) is 5.41 Å². The normalized spacial score (nSPS) is 15.3. The molecule has 0 aliphatic carbocycles. The van der Waals surface area contributed by atoms with Gasteiger partial charge in [-0.1, -0.05) is 32.9 Å². The van der Waals surface area contributed by atoms with E-state index < -0.39 is 6.10 Å². The Labute approximate surface area is 194 Å². The average Bonchev–Trinajstić information content (AvgIpc) is 2.67. The van der Waals surface area contributed by atoms with E-state index in [0.717, 1.165) is 11.1 Å². The van der Waals surface area contributed by atoms with Gasteiger partial charge >= 0.3 is 0 Å². The van der Waals surface area contributed by atoms with E-state index in [1.807, 2.05) is 46.3 Å². The highest BCUT2D eigenvalue weighted by Gasteiger charge is 2.32. The lowest BCUT2D eigenvalue weighted by atomic mass is 9.92. The molecule has 0 spiro atoms. The number of benzene rings is 2. The van der Waals surface area contributed by atoms with Crippen LogP contribution in [0.5, 0.6) is 5.75 Å². The summed E-state index contributed by atoms with van der Waals surface area (Å²) in [5.74, 6) is -0.00688. The van der Waals surface area contributed by atoms with E-state index in [1.165, 1.54) is 12.1 Å². The molecule has 1 aliphatic rings. The summed E-state index contributed by atoms with van der Waals surface area (Å²) >= 11 is 1.75. The molecule has 1 heterocycles. The highest BCUT2D eigenvalue weighted by molar-refractivity contribution is 7.97. The monoisotopic (exact) mass is 460 g/mol. The molecule has 0 fully saturated rings. The van der Waals surface area contributed by atoms with Gasteiger partial charge in [0, 0.05) is 18.2 Å². The maximum absolute atomic E-state index is 13.2. The fourth-order valence-corrected chi connectivity index (χ4v) is 3.30. The molecule has 0 radical (unpaired) electrons. The molecule has 2 amide bonds.